The predicted molar refractivity (Wildman–Crippen MR) is 76.2 cm³/mol. The third-order valence-corrected chi connectivity index (χ3v) is 2.90. The van der Waals surface area contributed by atoms with Gasteiger partial charge in [-0.15, -0.1) is 0 Å². The molecule has 0 radical (unpaired) electrons. The zero-order valence-electron chi connectivity index (χ0n) is 11.1. The van der Waals surface area contributed by atoms with E-state index in [1.807, 2.05) is 24.3 Å². The van der Waals surface area contributed by atoms with Crippen LogP contribution in [0.5, 0.6) is 11.5 Å². The maximum atomic E-state index is 8.92. The number of nitrogens with zero attached hydrogens (tertiary/aromatic N) is 1. The quantitative estimate of drug-likeness (QED) is 0.838. The molecule has 96 valence electrons. The summed E-state index contributed by atoms with van der Waals surface area (Å²) in [6.07, 6.45) is 0. The lowest BCUT2D eigenvalue weighted by molar-refractivity contribution is 0.475. The van der Waals surface area contributed by atoms with E-state index >= 15 is 0 Å². The van der Waals surface area contributed by atoms with E-state index in [-0.39, 0.29) is 0 Å². The summed E-state index contributed by atoms with van der Waals surface area (Å²) in [5, 5.41) is 8.92. The van der Waals surface area contributed by atoms with Crippen molar-refractivity contribution in [2.24, 2.45) is 0 Å². The number of hydrogen-bond donors (Lipinski definition) is 1. The van der Waals surface area contributed by atoms with Crippen LogP contribution in [0.25, 0.3) is 0 Å². The van der Waals surface area contributed by atoms with Gasteiger partial charge < -0.3 is 10.5 Å². The first-order valence-electron chi connectivity index (χ1n) is 6.18. The summed E-state index contributed by atoms with van der Waals surface area (Å²) in [4.78, 5) is 0. The predicted octanol–water partition coefficient (Wildman–Crippen LogP) is 4.06. The highest BCUT2D eigenvalue weighted by molar-refractivity contribution is 5.57. The molecule has 0 aliphatic heterocycles. The number of nitrogens with two attached hydrogens (primary N) is 1. The molecular formula is C16H16N2O. The van der Waals surface area contributed by atoms with Gasteiger partial charge in [-0.2, -0.15) is 5.26 Å². The van der Waals surface area contributed by atoms with Crippen molar-refractivity contribution in [1.29, 1.82) is 5.26 Å². The average molecular weight is 252 g/mol. The van der Waals surface area contributed by atoms with E-state index < -0.39 is 0 Å². The second-order valence-electron chi connectivity index (χ2n) is 4.66. The molecule has 0 aliphatic rings. The van der Waals surface area contributed by atoms with E-state index in [1.54, 1.807) is 18.2 Å². The van der Waals surface area contributed by atoms with Crippen LogP contribution in [0.1, 0.15) is 30.9 Å². The molecule has 0 bridgehead atoms. The van der Waals surface area contributed by atoms with Gasteiger partial charge in [-0.25, -0.2) is 0 Å². The number of nitrogen functional groups attached to an aromatic ring is 1. The van der Waals surface area contributed by atoms with Crippen LogP contribution < -0.4 is 10.5 Å². The maximum absolute atomic E-state index is 8.92. The maximum Gasteiger partial charge on any atom is 0.151 e. The first kappa shape index (κ1) is 13.0. The minimum Gasteiger partial charge on any atom is -0.455 e. The summed E-state index contributed by atoms with van der Waals surface area (Å²) >= 11 is 0. The van der Waals surface area contributed by atoms with Crippen LogP contribution in [0.3, 0.4) is 0 Å². The summed E-state index contributed by atoms with van der Waals surface area (Å²) in [5.41, 5.74) is 8.06. The van der Waals surface area contributed by atoms with Gasteiger partial charge in [0.1, 0.15) is 5.75 Å². The molecule has 2 aromatic rings. The molecule has 0 unspecified atom stereocenters. The molecule has 0 atom stereocenters. The Morgan fingerprint density at radius 1 is 1.11 bits per heavy atom. The third kappa shape index (κ3) is 2.86. The highest BCUT2D eigenvalue weighted by Gasteiger charge is 2.10. The minimum absolute atomic E-state index is 0.358. The van der Waals surface area contributed by atoms with E-state index in [9.17, 15) is 0 Å². The van der Waals surface area contributed by atoms with Gasteiger partial charge in [0.15, 0.2) is 5.75 Å². The number of anilines is 1. The number of ether oxygens (including phenoxy) is 1. The van der Waals surface area contributed by atoms with Crippen LogP contribution in [0, 0.1) is 11.3 Å². The zero-order valence-corrected chi connectivity index (χ0v) is 11.1. The second kappa shape index (κ2) is 5.45. The molecule has 0 spiro atoms. The topological polar surface area (TPSA) is 59.0 Å². The van der Waals surface area contributed by atoms with Crippen molar-refractivity contribution in [3.8, 4) is 17.6 Å². The van der Waals surface area contributed by atoms with Gasteiger partial charge in [-0.1, -0.05) is 32.0 Å². The van der Waals surface area contributed by atoms with Crippen molar-refractivity contribution in [2.45, 2.75) is 19.8 Å². The Morgan fingerprint density at radius 2 is 1.84 bits per heavy atom. The van der Waals surface area contributed by atoms with Gasteiger partial charge >= 0.3 is 0 Å². The fourth-order valence-electron chi connectivity index (χ4n) is 1.86. The second-order valence-corrected chi connectivity index (χ2v) is 4.66. The number of rotatable bonds is 3. The van der Waals surface area contributed by atoms with Crippen molar-refractivity contribution in [3.05, 3.63) is 53.6 Å². The van der Waals surface area contributed by atoms with Crippen LogP contribution in [-0.4, -0.2) is 0 Å². The van der Waals surface area contributed by atoms with Crippen molar-refractivity contribution in [1.82, 2.24) is 0 Å². The van der Waals surface area contributed by atoms with Crippen molar-refractivity contribution < 1.29 is 4.74 Å². The molecule has 3 heteroatoms. The van der Waals surface area contributed by atoms with Crippen LogP contribution in [0.4, 0.5) is 5.69 Å². The highest BCUT2D eigenvalue weighted by atomic mass is 16.5. The van der Waals surface area contributed by atoms with Gasteiger partial charge in [0, 0.05) is 6.07 Å². The van der Waals surface area contributed by atoms with Crippen molar-refractivity contribution >= 4 is 5.69 Å². The van der Waals surface area contributed by atoms with E-state index in [1.165, 1.54) is 0 Å². The highest BCUT2D eigenvalue weighted by Crippen LogP contribution is 2.33. The van der Waals surface area contributed by atoms with Crippen LogP contribution in [0.2, 0.25) is 0 Å². The summed E-state index contributed by atoms with van der Waals surface area (Å²) < 4.78 is 5.87. The first-order valence-corrected chi connectivity index (χ1v) is 6.18. The van der Waals surface area contributed by atoms with Gasteiger partial charge in [-0.05, 0) is 29.7 Å². The van der Waals surface area contributed by atoms with E-state index in [2.05, 4.69) is 19.9 Å². The normalized spacial score (nSPS) is 10.2. The lowest BCUT2D eigenvalue weighted by atomic mass is 10.0. The Bertz CT molecular complexity index is 627. The van der Waals surface area contributed by atoms with Gasteiger partial charge in [-0.3, -0.25) is 0 Å². The summed E-state index contributed by atoms with van der Waals surface area (Å²) in [7, 11) is 0. The standard InChI is InChI=1S/C16H16N2O/c1-11(2)13-5-3-4-6-15(13)19-16-9-12(10-17)7-8-14(16)18/h3-9,11H,18H2,1-2H3. The molecular weight excluding hydrogens is 236 g/mol. The van der Waals surface area contributed by atoms with Gasteiger partial charge in [0.25, 0.3) is 0 Å². The number of benzene rings is 2. The Labute approximate surface area is 113 Å². The molecule has 0 aliphatic carbocycles. The molecule has 0 fully saturated rings. The monoisotopic (exact) mass is 252 g/mol. The summed E-state index contributed by atoms with van der Waals surface area (Å²) in [6.45, 7) is 4.22. The number of para-hydroxylation sites is 1. The largest absolute Gasteiger partial charge is 0.455 e. The average Bonchev–Trinajstić information content (AvgIpc) is 2.41. The van der Waals surface area contributed by atoms with Crippen LogP contribution in [-0.2, 0) is 0 Å². The molecule has 19 heavy (non-hydrogen) atoms. The molecule has 0 amide bonds. The summed E-state index contributed by atoms with van der Waals surface area (Å²) in [6, 6.07) is 15.0. The SMILES string of the molecule is CC(C)c1ccccc1Oc1cc(C#N)ccc1N. The lowest BCUT2D eigenvalue weighted by Crippen LogP contribution is -1.97. The smallest absolute Gasteiger partial charge is 0.151 e. The molecule has 3 nitrogen and oxygen atoms in total. The fourth-order valence-corrected chi connectivity index (χ4v) is 1.86. The van der Waals surface area contributed by atoms with Crippen molar-refractivity contribution in [3.63, 3.8) is 0 Å². The van der Waals surface area contributed by atoms with E-state index in [0.29, 0.717) is 22.9 Å². The Morgan fingerprint density at radius 3 is 2.53 bits per heavy atom. The number of hydrogen-bond acceptors (Lipinski definition) is 3. The van der Waals surface area contributed by atoms with Gasteiger partial charge in [0.2, 0.25) is 0 Å². The minimum atomic E-state index is 0.358. The Balaban J connectivity index is 2.39. The molecule has 0 heterocycles. The third-order valence-electron chi connectivity index (χ3n) is 2.90. The number of nitriles is 1. The molecule has 0 saturated carbocycles. The lowest BCUT2D eigenvalue weighted by Gasteiger charge is -2.14. The molecule has 0 saturated heterocycles. The van der Waals surface area contributed by atoms with Gasteiger partial charge in [0.05, 0.1) is 17.3 Å². The first-order chi connectivity index (χ1) is 9.11. The summed E-state index contributed by atoms with van der Waals surface area (Å²) in [5.74, 6) is 1.66. The fraction of sp³-hybridized carbons (Fsp3) is 0.188. The zero-order chi connectivity index (χ0) is 13.8. The Kier molecular flexibility index (Phi) is 3.72. The molecule has 2 rings (SSSR count). The van der Waals surface area contributed by atoms with Crippen LogP contribution >= 0.6 is 0 Å². The van der Waals surface area contributed by atoms with Crippen LogP contribution in [0.15, 0.2) is 42.5 Å². The molecule has 2 aromatic carbocycles. The molecule has 2 N–H and O–H groups in total. The molecule has 0 aromatic heterocycles. The van der Waals surface area contributed by atoms with E-state index in [0.717, 1.165) is 11.3 Å². The Hall–Kier alpha value is -2.47. The van der Waals surface area contributed by atoms with Crippen molar-refractivity contribution in [2.75, 3.05) is 5.73 Å². The van der Waals surface area contributed by atoms with E-state index in [4.69, 9.17) is 15.7 Å².